The highest BCUT2D eigenvalue weighted by molar-refractivity contribution is 6.61. The molecule has 0 N–H and O–H groups in total. The number of fused-ring (bicyclic) bond motifs is 6. The summed E-state index contributed by atoms with van der Waals surface area (Å²) in [5, 5.41) is 0. The number of benzene rings is 9. The van der Waals surface area contributed by atoms with E-state index in [2.05, 4.69) is 284 Å². The predicted molar refractivity (Wildman–Crippen MR) is 312 cm³/mol. The minimum atomic E-state index is -0.113. The molecule has 2 aliphatic heterocycles. The highest BCUT2D eigenvalue weighted by Crippen LogP contribution is 2.57. The monoisotopic (exact) mass is 947 g/mol. The Kier molecular flexibility index (Phi) is 11.2. The Bertz CT molecular complexity index is 3510. The lowest BCUT2D eigenvalue weighted by Gasteiger charge is -2.44. The van der Waals surface area contributed by atoms with Crippen molar-refractivity contribution in [2.45, 2.75) is 97.2 Å². The zero-order chi connectivity index (χ0) is 50.4. The molecular formula is C69H65BN3. The zero-order valence-corrected chi connectivity index (χ0v) is 44.0. The Labute approximate surface area is 435 Å². The van der Waals surface area contributed by atoms with Crippen molar-refractivity contribution in [1.82, 2.24) is 0 Å². The Hall–Kier alpha value is -7.56. The van der Waals surface area contributed by atoms with Crippen molar-refractivity contribution < 1.29 is 0 Å². The maximum absolute atomic E-state index is 2.65. The molecule has 3 nitrogen and oxygen atoms in total. The van der Waals surface area contributed by atoms with Crippen LogP contribution in [0.15, 0.2) is 200 Å². The number of aryl methyl sites for hydroxylation is 2. The molecular weight excluding hydrogens is 882 g/mol. The smallest absolute Gasteiger partial charge is 0.172 e. The minimum absolute atomic E-state index is 0.00173. The number of hydrogen-bond donors (Lipinski definition) is 0. The summed E-state index contributed by atoms with van der Waals surface area (Å²) < 4.78 is 0. The van der Waals surface area contributed by atoms with Gasteiger partial charge in [0.25, 0.3) is 0 Å². The first-order valence-electron chi connectivity index (χ1n) is 26.3. The first-order chi connectivity index (χ1) is 35.1. The van der Waals surface area contributed by atoms with Gasteiger partial charge >= 0.3 is 0 Å². The molecule has 4 heteroatoms. The fourth-order valence-electron chi connectivity index (χ4n) is 12.2. The average molecular weight is 947 g/mol. The molecule has 9 aromatic carbocycles. The number of rotatable bonds is 7. The number of anilines is 9. The zero-order valence-electron chi connectivity index (χ0n) is 44.0. The van der Waals surface area contributed by atoms with Crippen LogP contribution in [0.5, 0.6) is 0 Å². The molecule has 2 heterocycles. The van der Waals surface area contributed by atoms with Crippen molar-refractivity contribution in [2.75, 3.05) is 14.7 Å². The van der Waals surface area contributed by atoms with E-state index < -0.39 is 0 Å². The van der Waals surface area contributed by atoms with Gasteiger partial charge in [0.05, 0.1) is 5.69 Å². The normalized spacial score (nSPS) is 16.0. The molecule has 1 atom stereocenters. The molecule has 9 aromatic rings. The van der Waals surface area contributed by atoms with Crippen LogP contribution >= 0.6 is 0 Å². The SMILES string of the molecule is Cc1cc2c3c(c1)N(c1ccc(C(C)(C)C)cc1-c1ccccc1)c1ccc(N(c4ccccc4)c4ccccc4)cc1C([B]3)c1cc3c(cc1N2c1ccc(-c2ccccc2)cc1C)C(C)(C)CCC3(C)C. The highest BCUT2D eigenvalue weighted by Gasteiger charge is 2.43. The third kappa shape index (κ3) is 8.07. The largest absolute Gasteiger partial charge is 0.310 e. The lowest BCUT2D eigenvalue weighted by Crippen LogP contribution is -2.34. The second-order valence-electron chi connectivity index (χ2n) is 23.2. The molecule has 2 bridgehead atoms. The van der Waals surface area contributed by atoms with Gasteiger partial charge in [0, 0.05) is 51.1 Å². The van der Waals surface area contributed by atoms with Gasteiger partial charge in [0.1, 0.15) is 0 Å². The van der Waals surface area contributed by atoms with Crippen molar-refractivity contribution in [3.8, 4) is 22.3 Å². The van der Waals surface area contributed by atoms with Gasteiger partial charge in [0.2, 0.25) is 0 Å². The van der Waals surface area contributed by atoms with Gasteiger partial charge in [0.15, 0.2) is 7.28 Å². The molecule has 0 spiro atoms. The Balaban J connectivity index is 1.21. The lowest BCUT2D eigenvalue weighted by molar-refractivity contribution is 0.331. The van der Waals surface area contributed by atoms with Crippen LogP contribution in [-0.2, 0) is 16.2 Å². The molecule has 1 radical (unpaired) electrons. The van der Waals surface area contributed by atoms with E-state index in [-0.39, 0.29) is 22.1 Å². The van der Waals surface area contributed by atoms with E-state index in [1.165, 1.54) is 95.1 Å². The van der Waals surface area contributed by atoms with Crippen molar-refractivity contribution >= 4 is 63.9 Å². The van der Waals surface area contributed by atoms with Crippen molar-refractivity contribution in [3.63, 3.8) is 0 Å². The third-order valence-corrected chi connectivity index (χ3v) is 16.3. The molecule has 0 saturated carbocycles. The van der Waals surface area contributed by atoms with Gasteiger partial charge in [-0.2, -0.15) is 0 Å². The maximum Gasteiger partial charge on any atom is 0.172 e. The molecule has 73 heavy (non-hydrogen) atoms. The van der Waals surface area contributed by atoms with E-state index >= 15 is 0 Å². The molecule has 0 fully saturated rings. The first kappa shape index (κ1) is 46.5. The van der Waals surface area contributed by atoms with Crippen molar-refractivity contribution in [2.24, 2.45) is 0 Å². The fraction of sp³-hybridized carbons (Fsp3) is 0.217. The molecule has 12 rings (SSSR count). The second-order valence-corrected chi connectivity index (χ2v) is 23.2. The minimum Gasteiger partial charge on any atom is -0.310 e. The van der Waals surface area contributed by atoms with Gasteiger partial charge in [-0.25, -0.2) is 0 Å². The molecule has 1 aliphatic carbocycles. The summed E-state index contributed by atoms with van der Waals surface area (Å²) in [7, 11) is 2.63. The number of nitrogens with zero attached hydrogens (tertiary/aromatic N) is 3. The molecule has 3 aliphatic rings. The topological polar surface area (TPSA) is 9.72 Å². The molecule has 359 valence electrons. The van der Waals surface area contributed by atoms with Crippen LogP contribution in [0.1, 0.15) is 106 Å². The average Bonchev–Trinajstić information content (AvgIpc) is 3.62. The fourth-order valence-corrected chi connectivity index (χ4v) is 12.2. The van der Waals surface area contributed by atoms with Gasteiger partial charge in [-0.05, 0) is 195 Å². The standard InChI is InChI=1S/C69H65BN3/c1-45-38-63-66-64(39-45)73(60-34-31-50(67(3,4)5)41-54(60)48-24-16-11-17-25-48)61-35-32-53(71(51-26-18-12-19-27-51)52-28-20-13-21-29-52)42-55(61)65(70-66)56-43-57-58(69(8,9)37-36-68(57,6)7)44-62(56)72(63)59-33-30-49(40-46(59)2)47-22-14-10-15-23-47/h10-35,38-44,65H,36-37H2,1-9H3. The van der Waals surface area contributed by atoms with Gasteiger partial charge < -0.3 is 14.7 Å². The van der Waals surface area contributed by atoms with Crippen molar-refractivity contribution in [1.29, 1.82) is 0 Å². The molecule has 0 saturated heterocycles. The van der Waals surface area contributed by atoms with E-state index in [1.807, 2.05) is 0 Å². The Morgan fingerprint density at radius 1 is 0.452 bits per heavy atom. The van der Waals surface area contributed by atoms with Crippen LogP contribution in [0, 0.1) is 13.8 Å². The summed E-state index contributed by atoms with van der Waals surface area (Å²) in [6.07, 6.45) is 2.28. The third-order valence-electron chi connectivity index (χ3n) is 16.3. The van der Waals surface area contributed by atoms with E-state index in [0.717, 1.165) is 35.6 Å². The summed E-state index contributed by atoms with van der Waals surface area (Å²) in [4.78, 5) is 7.69. The van der Waals surface area contributed by atoms with E-state index in [1.54, 1.807) is 0 Å². The van der Waals surface area contributed by atoms with E-state index in [4.69, 9.17) is 0 Å². The summed E-state index contributed by atoms with van der Waals surface area (Å²) in [6, 6.07) is 75.3. The van der Waals surface area contributed by atoms with Crippen molar-refractivity contribution in [3.05, 3.63) is 239 Å². The van der Waals surface area contributed by atoms with Gasteiger partial charge in [-0.3, -0.25) is 0 Å². The maximum atomic E-state index is 2.65. The van der Waals surface area contributed by atoms with E-state index in [9.17, 15) is 0 Å². The molecule has 0 aromatic heterocycles. The van der Waals surface area contributed by atoms with Gasteiger partial charge in [-0.15, -0.1) is 0 Å². The van der Waals surface area contributed by atoms with Crippen LogP contribution < -0.4 is 20.2 Å². The van der Waals surface area contributed by atoms with E-state index in [0.29, 0.717) is 0 Å². The summed E-state index contributed by atoms with van der Waals surface area (Å²) >= 11 is 0. The number of para-hydroxylation sites is 2. The number of hydrogen-bond acceptors (Lipinski definition) is 3. The molecule has 1 unspecified atom stereocenters. The first-order valence-corrected chi connectivity index (χ1v) is 26.3. The molecule has 0 amide bonds. The van der Waals surface area contributed by atoms with Crippen LogP contribution in [0.25, 0.3) is 22.3 Å². The predicted octanol–water partition coefficient (Wildman–Crippen LogP) is 18.4. The quantitative estimate of drug-likeness (QED) is 0.147. The Morgan fingerprint density at radius 2 is 0.973 bits per heavy atom. The van der Waals surface area contributed by atoms with Crippen LogP contribution in [-0.4, -0.2) is 7.28 Å². The van der Waals surface area contributed by atoms with Crippen LogP contribution in [0.3, 0.4) is 0 Å². The van der Waals surface area contributed by atoms with Crippen LogP contribution in [0.4, 0.5) is 51.2 Å². The summed E-state index contributed by atoms with van der Waals surface area (Å²) in [5.41, 5.74) is 25.8. The highest BCUT2D eigenvalue weighted by atomic mass is 15.2. The Morgan fingerprint density at radius 3 is 1.56 bits per heavy atom. The van der Waals surface area contributed by atoms with Gasteiger partial charge in [-0.1, -0.05) is 164 Å². The van der Waals surface area contributed by atoms with Crippen LogP contribution in [0.2, 0.25) is 0 Å². The summed E-state index contributed by atoms with van der Waals surface area (Å²) in [5.74, 6) is -0.113. The lowest BCUT2D eigenvalue weighted by atomic mass is 9.53. The summed E-state index contributed by atoms with van der Waals surface area (Å²) in [6.45, 7) is 21.4. The second kappa shape index (κ2) is 17.6.